The van der Waals surface area contributed by atoms with Gasteiger partial charge in [0.05, 0.1) is 23.2 Å². The SMILES string of the molecule is Nc1ccc(NS(=O)(=O)c2cnc[nH]2)c(Cl)c1. The van der Waals surface area contributed by atoms with Crippen molar-refractivity contribution in [1.82, 2.24) is 9.97 Å². The first-order chi connectivity index (χ1) is 7.99. The summed E-state index contributed by atoms with van der Waals surface area (Å²) in [6, 6.07) is 4.51. The van der Waals surface area contributed by atoms with Crippen molar-refractivity contribution in [3.63, 3.8) is 0 Å². The number of halogens is 1. The fourth-order valence-electron chi connectivity index (χ4n) is 1.20. The first kappa shape index (κ1) is 11.7. The third-order valence-corrected chi connectivity index (χ3v) is 3.60. The number of hydrogen-bond donors (Lipinski definition) is 3. The Balaban J connectivity index is 2.33. The largest absolute Gasteiger partial charge is 0.399 e. The number of aromatic nitrogens is 2. The Labute approximate surface area is 103 Å². The van der Waals surface area contributed by atoms with Crippen LogP contribution in [0.1, 0.15) is 0 Å². The number of aromatic amines is 1. The lowest BCUT2D eigenvalue weighted by Gasteiger charge is -2.08. The standard InChI is InChI=1S/C9H9ClN4O2S/c10-7-3-6(11)1-2-8(7)14-17(15,16)9-4-12-5-13-9/h1-5,14H,11H2,(H,12,13). The van der Waals surface area contributed by atoms with Crippen LogP contribution >= 0.6 is 11.6 Å². The third-order valence-electron chi connectivity index (χ3n) is 2.00. The van der Waals surface area contributed by atoms with Crippen LogP contribution < -0.4 is 10.5 Å². The Morgan fingerprint density at radius 1 is 1.41 bits per heavy atom. The molecule has 6 nitrogen and oxygen atoms in total. The average molecular weight is 273 g/mol. The van der Waals surface area contributed by atoms with E-state index < -0.39 is 10.0 Å². The van der Waals surface area contributed by atoms with E-state index in [9.17, 15) is 8.42 Å². The van der Waals surface area contributed by atoms with Crippen molar-refractivity contribution in [2.24, 2.45) is 0 Å². The average Bonchev–Trinajstić information content (AvgIpc) is 2.76. The van der Waals surface area contributed by atoms with Crippen LogP contribution in [-0.2, 0) is 10.0 Å². The zero-order chi connectivity index (χ0) is 12.5. The fourth-order valence-corrected chi connectivity index (χ4v) is 2.48. The number of nitrogen functional groups attached to an aromatic ring is 1. The number of nitrogens with one attached hydrogen (secondary N) is 2. The van der Waals surface area contributed by atoms with Crippen molar-refractivity contribution < 1.29 is 8.42 Å². The molecule has 0 amide bonds. The van der Waals surface area contributed by atoms with Crippen LogP contribution in [0.5, 0.6) is 0 Å². The smallest absolute Gasteiger partial charge is 0.279 e. The topological polar surface area (TPSA) is 101 Å². The molecule has 1 aromatic heterocycles. The molecule has 1 aromatic carbocycles. The van der Waals surface area contributed by atoms with Gasteiger partial charge in [0.1, 0.15) is 0 Å². The number of imidazole rings is 1. The van der Waals surface area contributed by atoms with Crippen molar-refractivity contribution in [1.29, 1.82) is 0 Å². The van der Waals surface area contributed by atoms with Crippen molar-refractivity contribution in [2.75, 3.05) is 10.5 Å². The van der Waals surface area contributed by atoms with Gasteiger partial charge in [-0.3, -0.25) is 4.72 Å². The van der Waals surface area contributed by atoms with E-state index in [2.05, 4.69) is 14.7 Å². The molecule has 1 heterocycles. The molecule has 0 atom stereocenters. The summed E-state index contributed by atoms with van der Waals surface area (Å²) in [6.45, 7) is 0. The molecule has 8 heteroatoms. The summed E-state index contributed by atoms with van der Waals surface area (Å²) >= 11 is 5.86. The van der Waals surface area contributed by atoms with Crippen LogP contribution in [0, 0.1) is 0 Å². The number of nitrogens with two attached hydrogens (primary N) is 1. The second kappa shape index (κ2) is 4.27. The van der Waals surface area contributed by atoms with E-state index >= 15 is 0 Å². The Kier molecular flexibility index (Phi) is 2.95. The molecule has 0 spiro atoms. The van der Waals surface area contributed by atoms with Crippen molar-refractivity contribution >= 4 is 33.0 Å². The highest BCUT2D eigenvalue weighted by atomic mass is 35.5. The van der Waals surface area contributed by atoms with Crippen molar-refractivity contribution in [3.8, 4) is 0 Å². The second-order valence-corrected chi connectivity index (χ2v) is 5.32. The van der Waals surface area contributed by atoms with E-state index in [0.29, 0.717) is 5.69 Å². The molecule has 0 bridgehead atoms. The number of rotatable bonds is 3. The van der Waals surface area contributed by atoms with E-state index in [4.69, 9.17) is 17.3 Å². The van der Waals surface area contributed by atoms with E-state index in [1.54, 1.807) is 6.07 Å². The van der Waals surface area contributed by atoms with Crippen LogP contribution in [-0.4, -0.2) is 18.4 Å². The molecule has 0 aliphatic heterocycles. The Morgan fingerprint density at radius 3 is 2.76 bits per heavy atom. The highest BCUT2D eigenvalue weighted by Crippen LogP contribution is 2.25. The van der Waals surface area contributed by atoms with Gasteiger partial charge in [-0.15, -0.1) is 0 Å². The molecule has 0 radical (unpaired) electrons. The maximum Gasteiger partial charge on any atom is 0.279 e. The zero-order valence-electron chi connectivity index (χ0n) is 8.51. The monoisotopic (exact) mass is 272 g/mol. The Bertz CT molecular complexity index is 624. The number of H-pyrrole nitrogens is 1. The normalized spacial score (nSPS) is 11.4. The molecule has 4 N–H and O–H groups in total. The maximum absolute atomic E-state index is 11.8. The minimum Gasteiger partial charge on any atom is -0.399 e. The van der Waals surface area contributed by atoms with E-state index in [1.165, 1.54) is 24.7 Å². The molecule has 0 aliphatic carbocycles. The minimum atomic E-state index is -3.70. The lowest BCUT2D eigenvalue weighted by Crippen LogP contribution is -2.13. The van der Waals surface area contributed by atoms with Crippen LogP contribution in [0.2, 0.25) is 5.02 Å². The Hall–Kier alpha value is -1.73. The molecule has 0 aliphatic rings. The van der Waals surface area contributed by atoms with Gasteiger partial charge in [-0.05, 0) is 18.2 Å². The van der Waals surface area contributed by atoms with Gasteiger partial charge in [-0.25, -0.2) is 4.98 Å². The molecule has 0 saturated carbocycles. The van der Waals surface area contributed by atoms with Gasteiger partial charge >= 0.3 is 0 Å². The number of sulfonamides is 1. The van der Waals surface area contributed by atoms with Gasteiger partial charge in [0.2, 0.25) is 0 Å². The number of hydrogen-bond acceptors (Lipinski definition) is 4. The molecule has 0 saturated heterocycles. The fraction of sp³-hybridized carbons (Fsp3) is 0. The molecule has 0 unspecified atom stereocenters. The number of anilines is 2. The van der Waals surface area contributed by atoms with Gasteiger partial charge in [-0.1, -0.05) is 11.6 Å². The lowest BCUT2D eigenvalue weighted by atomic mass is 10.3. The molecular weight excluding hydrogens is 264 g/mol. The first-order valence-electron chi connectivity index (χ1n) is 4.55. The van der Waals surface area contributed by atoms with Crippen LogP contribution in [0.3, 0.4) is 0 Å². The quantitative estimate of drug-likeness (QED) is 0.736. The van der Waals surface area contributed by atoms with Gasteiger partial charge in [0, 0.05) is 5.69 Å². The predicted molar refractivity (Wildman–Crippen MR) is 65.3 cm³/mol. The molecule has 2 rings (SSSR count). The van der Waals surface area contributed by atoms with Gasteiger partial charge in [0.25, 0.3) is 10.0 Å². The number of benzene rings is 1. The Morgan fingerprint density at radius 2 is 2.18 bits per heavy atom. The summed E-state index contributed by atoms with van der Waals surface area (Å²) in [7, 11) is -3.70. The maximum atomic E-state index is 11.8. The summed E-state index contributed by atoms with van der Waals surface area (Å²) < 4.78 is 26.0. The van der Waals surface area contributed by atoms with E-state index in [-0.39, 0.29) is 15.7 Å². The van der Waals surface area contributed by atoms with Crippen LogP contribution in [0.25, 0.3) is 0 Å². The summed E-state index contributed by atoms with van der Waals surface area (Å²) in [5.74, 6) is 0. The second-order valence-electron chi connectivity index (χ2n) is 3.26. The van der Waals surface area contributed by atoms with Crippen LogP contribution in [0.15, 0.2) is 35.7 Å². The molecule has 2 aromatic rings. The van der Waals surface area contributed by atoms with Gasteiger partial charge in [0.15, 0.2) is 5.03 Å². The zero-order valence-corrected chi connectivity index (χ0v) is 10.1. The highest BCUT2D eigenvalue weighted by Gasteiger charge is 2.16. The summed E-state index contributed by atoms with van der Waals surface area (Å²) in [4.78, 5) is 6.14. The summed E-state index contributed by atoms with van der Waals surface area (Å²) in [5.41, 5.74) is 6.23. The van der Waals surface area contributed by atoms with Crippen molar-refractivity contribution in [3.05, 3.63) is 35.7 Å². The number of nitrogens with zero attached hydrogens (tertiary/aromatic N) is 1. The summed E-state index contributed by atoms with van der Waals surface area (Å²) in [6.07, 6.45) is 2.48. The molecule has 17 heavy (non-hydrogen) atoms. The predicted octanol–water partition coefficient (Wildman–Crippen LogP) is 1.45. The summed E-state index contributed by atoms with van der Waals surface area (Å²) in [5, 5.41) is 0.193. The van der Waals surface area contributed by atoms with Crippen LogP contribution in [0.4, 0.5) is 11.4 Å². The first-order valence-corrected chi connectivity index (χ1v) is 6.41. The van der Waals surface area contributed by atoms with E-state index in [0.717, 1.165) is 0 Å². The molecule has 0 fully saturated rings. The van der Waals surface area contributed by atoms with Gasteiger partial charge < -0.3 is 10.7 Å². The third kappa shape index (κ3) is 2.51. The highest BCUT2D eigenvalue weighted by molar-refractivity contribution is 7.92. The minimum absolute atomic E-state index is 0.0367. The molecular formula is C9H9ClN4O2S. The molecule has 90 valence electrons. The lowest BCUT2D eigenvalue weighted by molar-refractivity contribution is 0.598. The van der Waals surface area contributed by atoms with E-state index in [1.807, 2.05) is 0 Å². The van der Waals surface area contributed by atoms with Gasteiger partial charge in [-0.2, -0.15) is 8.42 Å². The van der Waals surface area contributed by atoms with Crippen molar-refractivity contribution in [2.45, 2.75) is 5.03 Å².